The molecule has 0 saturated heterocycles. The van der Waals surface area contributed by atoms with Crippen molar-refractivity contribution in [3.63, 3.8) is 0 Å². The summed E-state index contributed by atoms with van der Waals surface area (Å²) in [5, 5.41) is 6.37. The zero-order chi connectivity index (χ0) is 20.2. The highest BCUT2D eigenvalue weighted by Crippen LogP contribution is 2.25. The van der Waals surface area contributed by atoms with E-state index in [1.807, 2.05) is 12.1 Å². The van der Waals surface area contributed by atoms with Gasteiger partial charge in [-0.3, -0.25) is 4.79 Å². The molecule has 0 radical (unpaired) electrons. The number of carbonyl (C=O) groups is 1. The smallest absolute Gasteiger partial charge is 0.220 e. The van der Waals surface area contributed by atoms with E-state index in [1.165, 1.54) is 23.4 Å². The van der Waals surface area contributed by atoms with Gasteiger partial charge in [0, 0.05) is 31.5 Å². The molecule has 1 aliphatic rings. The largest absolute Gasteiger partial charge is 0.441 e. The van der Waals surface area contributed by atoms with Crippen LogP contribution in [0.4, 0.5) is 8.78 Å². The Morgan fingerprint density at radius 3 is 2.97 bits per heavy atom. The van der Waals surface area contributed by atoms with Crippen molar-refractivity contribution in [1.29, 1.82) is 0 Å². The van der Waals surface area contributed by atoms with Crippen LogP contribution in [0.1, 0.15) is 29.5 Å². The van der Waals surface area contributed by atoms with Gasteiger partial charge in [0.05, 0.1) is 11.8 Å². The van der Waals surface area contributed by atoms with E-state index in [1.54, 1.807) is 0 Å². The zero-order valence-corrected chi connectivity index (χ0v) is 15.8. The molecule has 4 rings (SSSR count). The average Bonchev–Trinajstić information content (AvgIpc) is 3.19. The summed E-state index contributed by atoms with van der Waals surface area (Å²) < 4.78 is 32.4. The van der Waals surface area contributed by atoms with E-state index in [4.69, 9.17) is 4.42 Å². The number of hydrogen-bond donors (Lipinski definition) is 2. The Morgan fingerprint density at radius 2 is 2.10 bits per heavy atom. The number of fused-ring (bicyclic) bond motifs is 1. The Hall–Kier alpha value is -3.06. The van der Waals surface area contributed by atoms with Crippen molar-refractivity contribution >= 4 is 5.91 Å². The Morgan fingerprint density at radius 1 is 1.24 bits per heavy atom. The van der Waals surface area contributed by atoms with Gasteiger partial charge in [-0.1, -0.05) is 24.3 Å². The zero-order valence-electron chi connectivity index (χ0n) is 15.8. The van der Waals surface area contributed by atoms with Crippen LogP contribution in [0.3, 0.4) is 0 Å². The number of nitrogens with one attached hydrogen (secondary N) is 2. The van der Waals surface area contributed by atoms with E-state index < -0.39 is 11.6 Å². The van der Waals surface area contributed by atoms with Crippen LogP contribution in [0, 0.1) is 11.6 Å². The molecule has 5 nitrogen and oxygen atoms in total. The summed E-state index contributed by atoms with van der Waals surface area (Å²) in [6.07, 6.45) is 2.87. The molecule has 0 saturated carbocycles. The van der Waals surface area contributed by atoms with Crippen LogP contribution in [0.15, 0.2) is 53.1 Å². The number of amides is 1. The molecule has 0 fully saturated rings. The molecule has 2 N–H and O–H groups in total. The maximum absolute atomic E-state index is 13.8. The lowest BCUT2D eigenvalue weighted by Gasteiger charge is -2.27. The highest BCUT2D eigenvalue weighted by molar-refractivity contribution is 5.76. The van der Waals surface area contributed by atoms with E-state index in [-0.39, 0.29) is 29.7 Å². The van der Waals surface area contributed by atoms with Crippen molar-refractivity contribution in [2.24, 2.45) is 0 Å². The molecule has 1 unspecified atom stereocenters. The van der Waals surface area contributed by atoms with Gasteiger partial charge in [-0.15, -0.1) is 0 Å². The second kappa shape index (κ2) is 8.53. The van der Waals surface area contributed by atoms with E-state index in [9.17, 15) is 13.6 Å². The summed E-state index contributed by atoms with van der Waals surface area (Å²) >= 11 is 0. The SMILES string of the molecule is O=C(CCc1ncc(-c2ccc(F)cc2F)o1)NCC1NCCc2ccccc21. The number of carbonyl (C=O) groups excluding carboxylic acids is 1. The summed E-state index contributed by atoms with van der Waals surface area (Å²) in [6, 6.07) is 11.6. The number of rotatable bonds is 6. The molecule has 1 aromatic heterocycles. The van der Waals surface area contributed by atoms with Crippen LogP contribution in [0.25, 0.3) is 11.3 Å². The summed E-state index contributed by atoms with van der Waals surface area (Å²) in [5.74, 6) is -0.938. The Bertz CT molecular complexity index is 1020. The van der Waals surface area contributed by atoms with Gasteiger partial charge in [-0.2, -0.15) is 0 Å². The van der Waals surface area contributed by atoms with Crippen LogP contribution in [0.5, 0.6) is 0 Å². The summed E-state index contributed by atoms with van der Waals surface area (Å²) in [5.41, 5.74) is 2.67. The van der Waals surface area contributed by atoms with Crippen LogP contribution in [-0.4, -0.2) is 24.0 Å². The highest BCUT2D eigenvalue weighted by atomic mass is 19.1. The molecule has 7 heteroatoms. The summed E-state index contributed by atoms with van der Waals surface area (Å²) in [6.45, 7) is 1.39. The van der Waals surface area contributed by atoms with Crippen molar-refractivity contribution in [3.8, 4) is 11.3 Å². The van der Waals surface area contributed by atoms with Gasteiger partial charge in [0.1, 0.15) is 11.6 Å². The minimum Gasteiger partial charge on any atom is -0.441 e. The molecular formula is C22H21F2N3O2. The number of nitrogens with zero attached hydrogens (tertiary/aromatic N) is 1. The minimum atomic E-state index is -0.717. The average molecular weight is 397 g/mol. The molecule has 1 atom stereocenters. The first kappa shape index (κ1) is 19.3. The number of halogens is 2. The monoisotopic (exact) mass is 397 g/mol. The third-order valence-corrected chi connectivity index (χ3v) is 5.04. The molecule has 29 heavy (non-hydrogen) atoms. The lowest BCUT2D eigenvalue weighted by molar-refractivity contribution is -0.121. The van der Waals surface area contributed by atoms with Gasteiger partial charge in [-0.05, 0) is 36.2 Å². The first-order valence-electron chi connectivity index (χ1n) is 9.58. The van der Waals surface area contributed by atoms with Crippen molar-refractivity contribution in [1.82, 2.24) is 15.6 Å². The Labute approximate surface area is 167 Å². The van der Waals surface area contributed by atoms with Crippen LogP contribution < -0.4 is 10.6 Å². The lowest BCUT2D eigenvalue weighted by atomic mass is 9.94. The molecule has 150 valence electrons. The fourth-order valence-electron chi connectivity index (χ4n) is 3.54. The Balaban J connectivity index is 1.30. The van der Waals surface area contributed by atoms with E-state index in [0.717, 1.165) is 25.1 Å². The van der Waals surface area contributed by atoms with Crippen LogP contribution in [0.2, 0.25) is 0 Å². The Kier molecular flexibility index (Phi) is 5.67. The van der Waals surface area contributed by atoms with Gasteiger partial charge in [-0.25, -0.2) is 13.8 Å². The normalized spacial score (nSPS) is 15.7. The van der Waals surface area contributed by atoms with Crippen molar-refractivity contribution < 1.29 is 18.0 Å². The highest BCUT2D eigenvalue weighted by Gasteiger charge is 2.19. The van der Waals surface area contributed by atoms with Crippen LogP contribution >= 0.6 is 0 Å². The van der Waals surface area contributed by atoms with Gasteiger partial charge in [0.25, 0.3) is 0 Å². The fraction of sp³-hybridized carbons (Fsp3) is 0.273. The second-order valence-corrected chi connectivity index (χ2v) is 7.00. The fourth-order valence-corrected chi connectivity index (χ4v) is 3.54. The van der Waals surface area contributed by atoms with Crippen LogP contribution in [-0.2, 0) is 17.6 Å². The molecule has 0 spiro atoms. The standard InChI is InChI=1S/C22H21F2N3O2/c23-15-5-6-17(18(24)11-15)20-13-27-22(29-20)8-7-21(28)26-12-19-16-4-2-1-3-14(16)9-10-25-19/h1-6,11,13,19,25H,7-10,12H2,(H,26,28). The first-order chi connectivity index (χ1) is 14.1. The number of benzene rings is 2. The summed E-state index contributed by atoms with van der Waals surface area (Å²) in [4.78, 5) is 16.3. The molecule has 1 amide bonds. The molecule has 0 bridgehead atoms. The number of aryl methyl sites for hydroxylation is 1. The molecule has 0 aliphatic carbocycles. The minimum absolute atomic E-state index is 0.0960. The van der Waals surface area contributed by atoms with Crippen molar-refractivity contribution in [2.45, 2.75) is 25.3 Å². The third-order valence-electron chi connectivity index (χ3n) is 5.04. The van der Waals surface area contributed by atoms with E-state index in [0.29, 0.717) is 18.9 Å². The maximum Gasteiger partial charge on any atom is 0.220 e. The molecule has 2 aromatic carbocycles. The number of hydrogen-bond acceptors (Lipinski definition) is 4. The van der Waals surface area contributed by atoms with Crippen molar-refractivity contribution in [2.75, 3.05) is 13.1 Å². The van der Waals surface area contributed by atoms with E-state index in [2.05, 4.69) is 27.8 Å². The predicted molar refractivity (Wildman–Crippen MR) is 104 cm³/mol. The van der Waals surface area contributed by atoms with Gasteiger partial charge in [0.2, 0.25) is 5.91 Å². The van der Waals surface area contributed by atoms with Crippen molar-refractivity contribution in [3.05, 3.63) is 77.3 Å². The van der Waals surface area contributed by atoms with Gasteiger partial charge < -0.3 is 15.1 Å². The number of aromatic nitrogens is 1. The maximum atomic E-state index is 13.8. The summed E-state index contributed by atoms with van der Waals surface area (Å²) in [7, 11) is 0. The quantitative estimate of drug-likeness (QED) is 0.668. The topological polar surface area (TPSA) is 67.2 Å². The molecule has 3 aromatic rings. The molecular weight excluding hydrogens is 376 g/mol. The third kappa shape index (κ3) is 4.51. The molecule has 2 heterocycles. The predicted octanol–water partition coefficient (Wildman–Crippen LogP) is 3.56. The van der Waals surface area contributed by atoms with Gasteiger partial charge >= 0.3 is 0 Å². The first-order valence-corrected chi connectivity index (χ1v) is 9.58. The number of oxazole rings is 1. The lowest BCUT2D eigenvalue weighted by Crippen LogP contribution is -2.38. The molecule has 1 aliphatic heterocycles. The van der Waals surface area contributed by atoms with Gasteiger partial charge in [0.15, 0.2) is 11.7 Å². The van der Waals surface area contributed by atoms with E-state index >= 15 is 0 Å². The second-order valence-electron chi connectivity index (χ2n) is 7.00.